The number of pyridine rings is 2. The van der Waals surface area contributed by atoms with Crippen molar-refractivity contribution in [1.82, 2.24) is 9.97 Å². The lowest BCUT2D eigenvalue weighted by Gasteiger charge is -2.31. The maximum absolute atomic E-state index is 12.3. The Bertz CT molecular complexity index is 837. The first kappa shape index (κ1) is 18.0. The first-order valence-electron chi connectivity index (χ1n) is 9.86. The zero-order valence-corrected chi connectivity index (χ0v) is 16.2. The second kappa shape index (κ2) is 7.72. The van der Waals surface area contributed by atoms with Crippen molar-refractivity contribution in [1.29, 1.82) is 0 Å². The van der Waals surface area contributed by atoms with Crippen LogP contribution in [0.15, 0.2) is 29.1 Å². The van der Waals surface area contributed by atoms with Gasteiger partial charge in [0.1, 0.15) is 5.82 Å². The van der Waals surface area contributed by atoms with Crippen molar-refractivity contribution in [2.24, 2.45) is 0 Å². The van der Waals surface area contributed by atoms with E-state index in [9.17, 15) is 4.79 Å². The summed E-state index contributed by atoms with van der Waals surface area (Å²) in [5.41, 5.74) is 4.42. The number of aromatic amines is 1. The molecule has 2 aromatic rings. The molecule has 4 heterocycles. The summed E-state index contributed by atoms with van der Waals surface area (Å²) in [6, 6.07) is 8.60. The standard InChI is InChI=1S/C21H28N4O2/c1-15-10-17(11-16(2)22-15)12-18-4-3-5-25(18)20-13-19(14-21(26)23-20)24-6-8-27-9-7-24/h10-11,13-14,18H,3-9,12H2,1-2H3,(H,23,26)/t18-/m1/s1. The largest absolute Gasteiger partial charge is 0.378 e. The summed E-state index contributed by atoms with van der Waals surface area (Å²) in [7, 11) is 0. The van der Waals surface area contributed by atoms with Crippen molar-refractivity contribution in [3.05, 3.63) is 51.6 Å². The van der Waals surface area contributed by atoms with E-state index in [1.807, 2.05) is 13.8 Å². The second-order valence-electron chi connectivity index (χ2n) is 7.64. The molecule has 2 aliphatic rings. The first-order valence-corrected chi connectivity index (χ1v) is 9.86. The van der Waals surface area contributed by atoms with Gasteiger partial charge in [-0.3, -0.25) is 9.78 Å². The lowest BCUT2D eigenvalue weighted by Crippen LogP contribution is -2.37. The molecular weight excluding hydrogens is 340 g/mol. The van der Waals surface area contributed by atoms with Crippen LogP contribution in [0.3, 0.4) is 0 Å². The average molecular weight is 368 g/mol. The Morgan fingerprint density at radius 1 is 1.11 bits per heavy atom. The lowest BCUT2D eigenvalue weighted by atomic mass is 10.0. The van der Waals surface area contributed by atoms with Gasteiger partial charge in [-0.25, -0.2) is 0 Å². The van der Waals surface area contributed by atoms with Crippen molar-refractivity contribution in [3.63, 3.8) is 0 Å². The van der Waals surface area contributed by atoms with Crippen LogP contribution in [0.5, 0.6) is 0 Å². The molecule has 0 bridgehead atoms. The zero-order chi connectivity index (χ0) is 18.8. The van der Waals surface area contributed by atoms with Crippen LogP contribution in [0, 0.1) is 13.8 Å². The fourth-order valence-electron chi connectivity index (χ4n) is 4.35. The van der Waals surface area contributed by atoms with Gasteiger partial charge in [-0.15, -0.1) is 0 Å². The fourth-order valence-corrected chi connectivity index (χ4v) is 4.35. The molecule has 0 radical (unpaired) electrons. The number of ether oxygens (including phenoxy) is 1. The number of rotatable bonds is 4. The lowest BCUT2D eigenvalue weighted by molar-refractivity contribution is 0.122. The second-order valence-corrected chi connectivity index (χ2v) is 7.64. The summed E-state index contributed by atoms with van der Waals surface area (Å²) in [6.45, 7) is 8.18. The van der Waals surface area contributed by atoms with Gasteiger partial charge < -0.3 is 19.5 Å². The molecule has 144 valence electrons. The molecule has 6 heteroatoms. The van der Waals surface area contributed by atoms with E-state index in [1.165, 1.54) is 5.56 Å². The number of nitrogens with one attached hydrogen (secondary N) is 1. The predicted octanol–water partition coefficient (Wildman–Crippen LogP) is 2.43. The smallest absolute Gasteiger partial charge is 0.251 e. The van der Waals surface area contributed by atoms with Gasteiger partial charge in [0.2, 0.25) is 0 Å². The van der Waals surface area contributed by atoms with Gasteiger partial charge >= 0.3 is 0 Å². The Kier molecular flexibility index (Phi) is 5.16. The monoisotopic (exact) mass is 368 g/mol. The van der Waals surface area contributed by atoms with E-state index in [0.29, 0.717) is 6.04 Å². The van der Waals surface area contributed by atoms with Crippen LogP contribution in [-0.2, 0) is 11.2 Å². The number of aromatic nitrogens is 2. The summed E-state index contributed by atoms with van der Waals surface area (Å²) < 4.78 is 5.44. The number of nitrogens with zero attached hydrogens (tertiary/aromatic N) is 3. The Morgan fingerprint density at radius 2 is 1.85 bits per heavy atom. The van der Waals surface area contributed by atoms with E-state index in [4.69, 9.17) is 4.74 Å². The average Bonchev–Trinajstić information content (AvgIpc) is 3.09. The third kappa shape index (κ3) is 4.16. The molecule has 27 heavy (non-hydrogen) atoms. The summed E-state index contributed by atoms with van der Waals surface area (Å²) in [5, 5.41) is 0. The van der Waals surface area contributed by atoms with Crippen LogP contribution in [0.25, 0.3) is 0 Å². The molecule has 0 spiro atoms. The third-order valence-corrected chi connectivity index (χ3v) is 5.49. The maximum atomic E-state index is 12.3. The highest BCUT2D eigenvalue weighted by atomic mass is 16.5. The first-order chi connectivity index (χ1) is 13.1. The van der Waals surface area contributed by atoms with Gasteiger partial charge in [0.15, 0.2) is 0 Å². The molecule has 1 N–H and O–H groups in total. The van der Waals surface area contributed by atoms with Crippen molar-refractivity contribution in [2.45, 2.75) is 39.2 Å². The quantitative estimate of drug-likeness (QED) is 0.898. The molecule has 0 aliphatic carbocycles. The molecule has 0 aromatic carbocycles. The minimum absolute atomic E-state index is 0.0322. The fraction of sp³-hybridized carbons (Fsp3) is 0.524. The highest BCUT2D eigenvalue weighted by molar-refractivity contribution is 5.56. The molecule has 2 aliphatic heterocycles. The molecule has 2 fully saturated rings. The molecule has 2 aromatic heterocycles. The van der Waals surface area contributed by atoms with Crippen LogP contribution in [0.2, 0.25) is 0 Å². The number of morpholine rings is 1. The highest BCUT2D eigenvalue weighted by Gasteiger charge is 2.26. The van der Waals surface area contributed by atoms with Gasteiger partial charge in [-0.2, -0.15) is 0 Å². The summed E-state index contributed by atoms with van der Waals surface area (Å²) >= 11 is 0. The summed E-state index contributed by atoms with van der Waals surface area (Å²) in [6.07, 6.45) is 3.27. The van der Waals surface area contributed by atoms with Gasteiger partial charge in [0, 0.05) is 54.9 Å². The van der Waals surface area contributed by atoms with Crippen molar-refractivity contribution in [3.8, 4) is 0 Å². The van der Waals surface area contributed by atoms with Crippen molar-refractivity contribution >= 4 is 11.5 Å². The van der Waals surface area contributed by atoms with Crippen LogP contribution < -0.4 is 15.4 Å². The van der Waals surface area contributed by atoms with E-state index in [1.54, 1.807) is 6.07 Å². The number of hydrogen-bond donors (Lipinski definition) is 1. The Balaban J connectivity index is 1.57. The van der Waals surface area contributed by atoms with E-state index >= 15 is 0 Å². The van der Waals surface area contributed by atoms with E-state index in [-0.39, 0.29) is 5.56 Å². The van der Waals surface area contributed by atoms with Crippen LogP contribution in [0.4, 0.5) is 11.5 Å². The van der Waals surface area contributed by atoms with E-state index < -0.39 is 0 Å². The van der Waals surface area contributed by atoms with Crippen LogP contribution in [0.1, 0.15) is 29.8 Å². The number of anilines is 2. The highest BCUT2D eigenvalue weighted by Crippen LogP contribution is 2.28. The molecule has 0 unspecified atom stereocenters. The third-order valence-electron chi connectivity index (χ3n) is 5.49. The number of hydrogen-bond acceptors (Lipinski definition) is 5. The molecule has 4 rings (SSSR count). The van der Waals surface area contributed by atoms with Gasteiger partial charge in [-0.05, 0) is 50.8 Å². The minimum Gasteiger partial charge on any atom is -0.378 e. The van der Waals surface area contributed by atoms with Gasteiger partial charge in [-0.1, -0.05) is 0 Å². The van der Waals surface area contributed by atoms with Gasteiger partial charge in [0.25, 0.3) is 5.56 Å². The number of H-pyrrole nitrogens is 1. The van der Waals surface area contributed by atoms with Crippen molar-refractivity contribution in [2.75, 3.05) is 42.6 Å². The Morgan fingerprint density at radius 3 is 2.59 bits per heavy atom. The number of aryl methyl sites for hydroxylation is 2. The predicted molar refractivity (Wildman–Crippen MR) is 108 cm³/mol. The van der Waals surface area contributed by atoms with Crippen LogP contribution in [-0.4, -0.2) is 48.9 Å². The van der Waals surface area contributed by atoms with E-state index in [0.717, 1.165) is 75.0 Å². The molecule has 2 saturated heterocycles. The van der Waals surface area contributed by atoms with Gasteiger partial charge in [0.05, 0.1) is 13.2 Å². The zero-order valence-electron chi connectivity index (χ0n) is 16.2. The SMILES string of the molecule is Cc1cc(C[C@H]2CCCN2c2cc(N3CCOCC3)cc(=O)[nH]2)cc(C)n1. The Labute approximate surface area is 160 Å². The molecule has 0 saturated carbocycles. The molecular formula is C21H28N4O2. The molecule has 1 atom stereocenters. The molecule has 0 amide bonds. The minimum atomic E-state index is -0.0322. The topological polar surface area (TPSA) is 61.5 Å². The van der Waals surface area contributed by atoms with Crippen LogP contribution >= 0.6 is 0 Å². The summed E-state index contributed by atoms with van der Waals surface area (Å²) in [4.78, 5) is 24.5. The maximum Gasteiger partial charge on any atom is 0.251 e. The normalized spacial score (nSPS) is 20.3. The summed E-state index contributed by atoms with van der Waals surface area (Å²) in [5.74, 6) is 0.939. The Hall–Kier alpha value is -2.34. The van der Waals surface area contributed by atoms with E-state index in [2.05, 4.69) is 38.0 Å². The molecule has 6 nitrogen and oxygen atoms in total. The van der Waals surface area contributed by atoms with Crippen molar-refractivity contribution < 1.29 is 4.74 Å².